The number of nitrogens with zero attached hydrogens (tertiary/aromatic N) is 1. The van der Waals surface area contributed by atoms with Gasteiger partial charge in [0.15, 0.2) is 0 Å². The minimum Gasteiger partial charge on any atom is -0.550 e. The number of aliphatic imine (C=N–C) groups is 1. The number of para-hydroxylation sites is 1. The number of carbonyl (C=O) groups excluding carboxylic acids is 1. The second-order valence-electron chi connectivity index (χ2n) is 5.09. The summed E-state index contributed by atoms with van der Waals surface area (Å²) in [7, 11) is 0. The van der Waals surface area contributed by atoms with Gasteiger partial charge in [-0.1, -0.05) is 12.1 Å². The van der Waals surface area contributed by atoms with Gasteiger partial charge >= 0.3 is 29.6 Å². The SMILES string of the molecule is O=C([O-])C1CCC(CN=Cc2ccccc2O)CC1.[Na+]. The molecular formula is C15H18NNaO3. The van der Waals surface area contributed by atoms with E-state index in [2.05, 4.69) is 4.99 Å². The minimum atomic E-state index is -0.920. The van der Waals surface area contributed by atoms with E-state index in [4.69, 9.17) is 0 Å². The van der Waals surface area contributed by atoms with E-state index in [-0.39, 0.29) is 41.2 Å². The maximum absolute atomic E-state index is 10.7. The molecule has 1 aromatic carbocycles. The van der Waals surface area contributed by atoms with Crippen molar-refractivity contribution >= 4 is 12.2 Å². The zero-order valence-corrected chi connectivity index (χ0v) is 13.8. The molecule has 1 fully saturated rings. The molecule has 1 aliphatic rings. The second kappa shape index (κ2) is 8.45. The minimum absolute atomic E-state index is 0. The Morgan fingerprint density at radius 3 is 2.55 bits per heavy atom. The van der Waals surface area contributed by atoms with Crippen LogP contribution in [0.5, 0.6) is 5.75 Å². The van der Waals surface area contributed by atoms with Crippen LogP contribution in [0.25, 0.3) is 0 Å². The van der Waals surface area contributed by atoms with Crippen LogP contribution in [0.2, 0.25) is 0 Å². The van der Waals surface area contributed by atoms with Crippen molar-refractivity contribution in [3.8, 4) is 5.75 Å². The third-order valence-electron chi connectivity index (χ3n) is 3.71. The molecule has 0 aliphatic heterocycles. The number of hydrogen-bond acceptors (Lipinski definition) is 4. The van der Waals surface area contributed by atoms with Gasteiger partial charge in [-0.05, 0) is 49.7 Å². The van der Waals surface area contributed by atoms with E-state index in [0.717, 1.165) is 12.8 Å². The summed E-state index contributed by atoms with van der Waals surface area (Å²) in [6.45, 7) is 0.689. The first-order valence-electron chi connectivity index (χ1n) is 6.65. The van der Waals surface area contributed by atoms with Crippen molar-refractivity contribution in [1.29, 1.82) is 0 Å². The molecular weight excluding hydrogens is 265 g/mol. The van der Waals surface area contributed by atoms with Crippen LogP contribution in [0.1, 0.15) is 31.2 Å². The summed E-state index contributed by atoms with van der Waals surface area (Å²) < 4.78 is 0. The van der Waals surface area contributed by atoms with Gasteiger partial charge in [0.2, 0.25) is 0 Å². The fourth-order valence-electron chi connectivity index (χ4n) is 2.48. The summed E-state index contributed by atoms with van der Waals surface area (Å²) >= 11 is 0. The summed E-state index contributed by atoms with van der Waals surface area (Å²) in [6.07, 6.45) is 4.84. The Labute approximate surface area is 141 Å². The van der Waals surface area contributed by atoms with Crippen LogP contribution < -0.4 is 34.7 Å². The standard InChI is InChI=1S/C15H19NO3.Na/c17-14-4-2-1-3-13(14)10-16-9-11-5-7-12(8-6-11)15(18)19;/h1-4,10-12,17H,5-9H2,(H,18,19);/q;+1/p-1. The van der Waals surface area contributed by atoms with E-state index in [0.29, 0.717) is 30.9 Å². The molecule has 4 nitrogen and oxygen atoms in total. The van der Waals surface area contributed by atoms with Gasteiger partial charge in [-0.15, -0.1) is 0 Å². The maximum Gasteiger partial charge on any atom is 1.00 e. The molecule has 102 valence electrons. The summed E-state index contributed by atoms with van der Waals surface area (Å²) in [5, 5.41) is 20.3. The third-order valence-corrected chi connectivity index (χ3v) is 3.71. The van der Waals surface area contributed by atoms with Gasteiger partial charge in [-0.2, -0.15) is 0 Å². The molecule has 0 unspecified atom stereocenters. The van der Waals surface area contributed by atoms with Gasteiger partial charge < -0.3 is 15.0 Å². The molecule has 0 atom stereocenters. The van der Waals surface area contributed by atoms with E-state index in [1.165, 1.54) is 0 Å². The topological polar surface area (TPSA) is 72.7 Å². The van der Waals surface area contributed by atoms with Gasteiger partial charge in [0.1, 0.15) is 5.75 Å². The first-order valence-corrected chi connectivity index (χ1v) is 6.65. The monoisotopic (exact) mass is 283 g/mol. The Morgan fingerprint density at radius 2 is 1.95 bits per heavy atom. The van der Waals surface area contributed by atoms with Crippen LogP contribution in [0.3, 0.4) is 0 Å². The molecule has 1 aromatic rings. The third kappa shape index (κ3) is 4.93. The molecule has 0 heterocycles. The maximum atomic E-state index is 10.7. The Balaban J connectivity index is 0.00000200. The Morgan fingerprint density at radius 1 is 1.30 bits per heavy atom. The molecule has 20 heavy (non-hydrogen) atoms. The number of carbonyl (C=O) groups is 1. The van der Waals surface area contributed by atoms with Crippen LogP contribution >= 0.6 is 0 Å². The molecule has 0 bridgehead atoms. The smallest absolute Gasteiger partial charge is 0.550 e. The van der Waals surface area contributed by atoms with Crippen LogP contribution in [0.4, 0.5) is 0 Å². The van der Waals surface area contributed by atoms with Gasteiger partial charge in [0.25, 0.3) is 0 Å². The van der Waals surface area contributed by atoms with Crippen molar-refractivity contribution in [3.05, 3.63) is 29.8 Å². The van der Waals surface area contributed by atoms with E-state index in [9.17, 15) is 15.0 Å². The Hall–Kier alpha value is -0.840. The number of carboxylic acid groups (broad SMARTS) is 1. The van der Waals surface area contributed by atoms with Gasteiger partial charge in [-0.3, -0.25) is 4.99 Å². The van der Waals surface area contributed by atoms with Crippen molar-refractivity contribution in [3.63, 3.8) is 0 Å². The summed E-state index contributed by atoms with van der Waals surface area (Å²) in [5.41, 5.74) is 0.714. The molecule has 1 aliphatic carbocycles. The number of phenols is 1. The van der Waals surface area contributed by atoms with Gasteiger partial charge in [0.05, 0.1) is 0 Å². The average molecular weight is 283 g/mol. The van der Waals surface area contributed by atoms with Crippen molar-refractivity contribution < 1.29 is 44.6 Å². The number of hydrogen-bond donors (Lipinski definition) is 1. The van der Waals surface area contributed by atoms with Crippen LogP contribution in [0.15, 0.2) is 29.3 Å². The van der Waals surface area contributed by atoms with Crippen LogP contribution in [0, 0.1) is 11.8 Å². The van der Waals surface area contributed by atoms with E-state index < -0.39 is 5.97 Å². The van der Waals surface area contributed by atoms with Gasteiger partial charge in [-0.25, -0.2) is 0 Å². The molecule has 0 aromatic heterocycles. The zero-order chi connectivity index (χ0) is 13.7. The fourth-order valence-corrected chi connectivity index (χ4v) is 2.48. The van der Waals surface area contributed by atoms with Crippen molar-refractivity contribution in [1.82, 2.24) is 0 Å². The van der Waals surface area contributed by atoms with Crippen LogP contribution in [-0.4, -0.2) is 23.8 Å². The molecule has 0 saturated heterocycles. The molecule has 0 spiro atoms. The number of aliphatic carboxylic acids is 1. The van der Waals surface area contributed by atoms with E-state index in [1.54, 1.807) is 18.3 Å². The quantitative estimate of drug-likeness (QED) is 0.533. The molecule has 1 N–H and O–H groups in total. The summed E-state index contributed by atoms with van der Waals surface area (Å²) in [5.74, 6) is -0.529. The van der Waals surface area contributed by atoms with Crippen molar-refractivity contribution in [2.45, 2.75) is 25.7 Å². The number of aromatic hydroxyl groups is 1. The first-order chi connectivity index (χ1) is 9.16. The van der Waals surface area contributed by atoms with Crippen LogP contribution in [-0.2, 0) is 4.79 Å². The predicted molar refractivity (Wildman–Crippen MR) is 71.0 cm³/mol. The molecule has 0 radical (unpaired) electrons. The van der Waals surface area contributed by atoms with Crippen molar-refractivity contribution in [2.75, 3.05) is 6.54 Å². The molecule has 1 saturated carbocycles. The largest absolute Gasteiger partial charge is 1.00 e. The molecule has 0 amide bonds. The fraction of sp³-hybridized carbons (Fsp3) is 0.467. The zero-order valence-electron chi connectivity index (χ0n) is 11.8. The number of rotatable bonds is 4. The number of phenolic OH excluding ortho intramolecular Hbond substituents is 1. The Bertz CT molecular complexity index is 468. The van der Waals surface area contributed by atoms with Crippen molar-refractivity contribution in [2.24, 2.45) is 16.8 Å². The predicted octanol–water partition coefficient (Wildman–Crippen LogP) is -1.63. The normalized spacial score (nSPS) is 22.4. The number of carboxylic acids is 1. The molecule has 5 heteroatoms. The van der Waals surface area contributed by atoms with Gasteiger partial charge in [0, 0.05) is 24.3 Å². The molecule has 2 rings (SSSR count). The second-order valence-corrected chi connectivity index (χ2v) is 5.09. The summed E-state index contributed by atoms with van der Waals surface area (Å²) in [4.78, 5) is 15.1. The van der Waals surface area contributed by atoms with E-state index >= 15 is 0 Å². The van der Waals surface area contributed by atoms with E-state index in [1.807, 2.05) is 12.1 Å². The Kier molecular flexibility index (Phi) is 7.27. The summed E-state index contributed by atoms with van der Waals surface area (Å²) in [6, 6.07) is 7.07. The average Bonchev–Trinajstić information content (AvgIpc) is 2.41. The first kappa shape index (κ1) is 17.2. The number of benzene rings is 1.